The number of rotatable bonds is 5. The highest BCUT2D eigenvalue weighted by atomic mass is 32.2. The van der Waals surface area contributed by atoms with Crippen molar-refractivity contribution in [2.45, 2.75) is 17.7 Å². The maximum atomic E-state index is 12.0. The lowest BCUT2D eigenvalue weighted by molar-refractivity contribution is -0.117. The molecule has 0 atom stereocenters. The van der Waals surface area contributed by atoms with Gasteiger partial charge in [-0.05, 0) is 37.1 Å². The summed E-state index contributed by atoms with van der Waals surface area (Å²) in [7, 11) is -0.543. The number of carbonyl (C=O) groups is 1. The number of sulfonamides is 1. The normalized spacial score (nSPS) is 14.9. The van der Waals surface area contributed by atoms with Crippen molar-refractivity contribution in [2.75, 3.05) is 19.4 Å². The third kappa shape index (κ3) is 3.25. The van der Waals surface area contributed by atoms with Crippen molar-refractivity contribution in [2.24, 2.45) is 5.92 Å². The van der Waals surface area contributed by atoms with Crippen molar-refractivity contribution in [1.82, 2.24) is 14.5 Å². The molecule has 1 N–H and O–H groups in total. The van der Waals surface area contributed by atoms with Gasteiger partial charge in [0.15, 0.2) is 0 Å². The lowest BCUT2D eigenvalue weighted by atomic mass is 10.2. The Kier molecular flexibility index (Phi) is 3.90. The van der Waals surface area contributed by atoms with Gasteiger partial charge in [-0.3, -0.25) is 10.1 Å². The van der Waals surface area contributed by atoms with E-state index in [1.54, 1.807) is 12.1 Å². The Balaban J connectivity index is 1.77. The molecule has 0 spiro atoms. The van der Waals surface area contributed by atoms with Gasteiger partial charge >= 0.3 is 6.01 Å². The van der Waals surface area contributed by atoms with E-state index in [2.05, 4.69) is 15.5 Å². The van der Waals surface area contributed by atoms with Crippen molar-refractivity contribution in [3.05, 3.63) is 24.3 Å². The van der Waals surface area contributed by atoms with Crippen LogP contribution in [0.3, 0.4) is 0 Å². The summed E-state index contributed by atoms with van der Waals surface area (Å²) in [4.78, 5) is 11.8. The monoisotopic (exact) mass is 336 g/mol. The van der Waals surface area contributed by atoms with Crippen LogP contribution in [-0.2, 0) is 14.8 Å². The van der Waals surface area contributed by atoms with Gasteiger partial charge in [0.1, 0.15) is 0 Å². The fourth-order valence-electron chi connectivity index (χ4n) is 1.92. The summed E-state index contributed by atoms with van der Waals surface area (Å²) in [5.41, 5.74) is 0.571. The highest BCUT2D eigenvalue weighted by Crippen LogP contribution is 2.30. The largest absolute Gasteiger partial charge is 0.403 e. The summed E-state index contributed by atoms with van der Waals surface area (Å²) in [6.07, 6.45) is 1.77. The second-order valence-corrected chi connectivity index (χ2v) is 7.64. The Morgan fingerprint density at radius 3 is 2.43 bits per heavy atom. The summed E-state index contributed by atoms with van der Waals surface area (Å²) in [5, 5.41) is 10.2. The Labute approximate surface area is 133 Å². The predicted molar refractivity (Wildman–Crippen MR) is 82.0 cm³/mol. The van der Waals surface area contributed by atoms with E-state index in [4.69, 9.17) is 4.42 Å². The first kappa shape index (κ1) is 15.6. The maximum Gasteiger partial charge on any atom is 0.322 e. The molecule has 1 aliphatic rings. The summed E-state index contributed by atoms with van der Waals surface area (Å²) < 4.78 is 30.5. The third-order valence-corrected chi connectivity index (χ3v) is 5.31. The lowest BCUT2D eigenvalue weighted by Gasteiger charge is -2.11. The minimum Gasteiger partial charge on any atom is -0.403 e. The van der Waals surface area contributed by atoms with E-state index in [0.29, 0.717) is 5.56 Å². The van der Waals surface area contributed by atoms with E-state index in [-0.39, 0.29) is 28.6 Å². The molecule has 3 rings (SSSR count). The van der Waals surface area contributed by atoms with Crippen molar-refractivity contribution >= 4 is 21.9 Å². The highest BCUT2D eigenvalue weighted by molar-refractivity contribution is 7.89. The number of aromatic nitrogens is 2. The number of anilines is 1. The SMILES string of the molecule is CN(C)S(=O)(=O)c1ccc(-c2nnc(NC(=O)C3CC3)o2)cc1. The average Bonchev–Trinajstić information content (AvgIpc) is 3.28. The number of carbonyl (C=O) groups excluding carboxylic acids is 1. The smallest absolute Gasteiger partial charge is 0.322 e. The molecule has 1 fully saturated rings. The van der Waals surface area contributed by atoms with Gasteiger partial charge in [-0.2, -0.15) is 0 Å². The fourth-order valence-corrected chi connectivity index (χ4v) is 2.83. The number of hydrogen-bond donors (Lipinski definition) is 1. The summed E-state index contributed by atoms with van der Waals surface area (Å²) in [6.45, 7) is 0. The van der Waals surface area contributed by atoms with Crippen LogP contribution in [0.25, 0.3) is 11.5 Å². The molecule has 1 heterocycles. The molecule has 1 aromatic heterocycles. The van der Waals surface area contributed by atoms with Crippen LogP contribution in [0.1, 0.15) is 12.8 Å². The fraction of sp³-hybridized carbons (Fsp3) is 0.357. The van der Waals surface area contributed by atoms with Gasteiger partial charge in [-0.15, -0.1) is 5.10 Å². The number of nitrogens with zero attached hydrogens (tertiary/aromatic N) is 3. The van der Waals surface area contributed by atoms with Crippen molar-refractivity contribution in [3.63, 3.8) is 0 Å². The van der Waals surface area contributed by atoms with Gasteiger partial charge in [0.25, 0.3) is 0 Å². The van der Waals surface area contributed by atoms with Gasteiger partial charge in [-0.1, -0.05) is 5.10 Å². The van der Waals surface area contributed by atoms with Gasteiger partial charge in [-0.25, -0.2) is 12.7 Å². The Morgan fingerprint density at radius 1 is 1.22 bits per heavy atom. The molecule has 1 aliphatic carbocycles. The van der Waals surface area contributed by atoms with Crippen molar-refractivity contribution in [3.8, 4) is 11.5 Å². The van der Waals surface area contributed by atoms with E-state index in [0.717, 1.165) is 17.1 Å². The molecule has 1 saturated carbocycles. The molecule has 9 heteroatoms. The second kappa shape index (κ2) is 5.74. The summed E-state index contributed by atoms with van der Waals surface area (Å²) in [6, 6.07) is 6.14. The molecule has 23 heavy (non-hydrogen) atoms. The van der Waals surface area contributed by atoms with Gasteiger partial charge in [0, 0.05) is 25.6 Å². The van der Waals surface area contributed by atoms with Crippen LogP contribution in [0, 0.1) is 5.92 Å². The predicted octanol–water partition coefficient (Wildman–Crippen LogP) is 1.34. The molecule has 2 aromatic rings. The van der Waals surface area contributed by atoms with Crippen LogP contribution in [0.5, 0.6) is 0 Å². The van der Waals surface area contributed by atoms with Crippen molar-refractivity contribution in [1.29, 1.82) is 0 Å². The van der Waals surface area contributed by atoms with Gasteiger partial charge in [0.2, 0.25) is 21.8 Å². The first-order valence-electron chi connectivity index (χ1n) is 7.05. The van der Waals surface area contributed by atoms with Gasteiger partial charge in [0.05, 0.1) is 4.90 Å². The van der Waals surface area contributed by atoms with Crippen LogP contribution in [0.2, 0.25) is 0 Å². The lowest BCUT2D eigenvalue weighted by Crippen LogP contribution is -2.22. The van der Waals surface area contributed by atoms with Crippen LogP contribution >= 0.6 is 0 Å². The van der Waals surface area contributed by atoms with Crippen molar-refractivity contribution < 1.29 is 17.6 Å². The molecule has 1 amide bonds. The highest BCUT2D eigenvalue weighted by Gasteiger charge is 2.30. The average molecular weight is 336 g/mol. The zero-order valence-electron chi connectivity index (χ0n) is 12.7. The molecule has 0 aliphatic heterocycles. The number of amides is 1. The quantitative estimate of drug-likeness (QED) is 0.883. The first-order chi connectivity index (χ1) is 10.9. The standard InChI is InChI=1S/C14H16N4O4S/c1-18(2)23(20,21)11-7-5-10(6-8-11)13-16-17-14(22-13)15-12(19)9-3-4-9/h5-9H,3-4H2,1-2H3,(H,15,17,19). The molecule has 8 nitrogen and oxygen atoms in total. The molecule has 122 valence electrons. The third-order valence-electron chi connectivity index (χ3n) is 3.48. The Morgan fingerprint density at radius 2 is 1.87 bits per heavy atom. The van der Waals surface area contributed by atoms with E-state index in [9.17, 15) is 13.2 Å². The second-order valence-electron chi connectivity index (χ2n) is 5.49. The van der Waals surface area contributed by atoms with Crippen LogP contribution in [0.15, 0.2) is 33.6 Å². The zero-order valence-corrected chi connectivity index (χ0v) is 13.5. The molecule has 0 unspecified atom stereocenters. The number of nitrogens with one attached hydrogen (secondary N) is 1. The van der Waals surface area contributed by atoms with Crippen LogP contribution < -0.4 is 5.32 Å². The topological polar surface area (TPSA) is 105 Å². The first-order valence-corrected chi connectivity index (χ1v) is 8.49. The molecule has 0 saturated heterocycles. The van der Waals surface area contributed by atoms with Gasteiger partial charge < -0.3 is 4.42 Å². The Bertz CT molecular complexity index is 823. The van der Waals surface area contributed by atoms with Crippen LogP contribution in [-0.4, -0.2) is 42.9 Å². The molecular weight excluding hydrogens is 320 g/mol. The molecular formula is C14H16N4O4S. The number of benzene rings is 1. The van der Waals surface area contributed by atoms with E-state index in [1.807, 2.05) is 0 Å². The van der Waals surface area contributed by atoms with E-state index < -0.39 is 10.0 Å². The molecule has 1 aromatic carbocycles. The minimum atomic E-state index is -3.48. The zero-order chi connectivity index (χ0) is 16.6. The Hall–Kier alpha value is -2.26. The van der Waals surface area contributed by atoms with E-state index in [1.165, 1.54) is 26.2 Å². The summed E-state index contributed by atoms with van der Waals surface area (Å²) in [5.74, 6) is 0.137. The summed E-state index contributed by atoms with van der Waals surface area (Å²) >= 11 is 0. The minimum absolute atomic E-state index is 0.0425. The maximum absolute atomic E-state index is 12.0. The van der Waals surface area contributed by atoms with E-state index >= 15 is 0 Å². The molecule has 0 bridgehead atoms. The number of hydrogen-bond acceptors (Lipinski definition) is 6. The van der Waals surface area contributed by atoms with Crippen LogP contribution in [0.4, 0.5) is 6.01 Å². The molecule has 0 radical (unpaired) electrons.